The maximum absolute atomic E-state index is 13.7. The van der Waals surface area contributed by atoms with Gasteiger partial charge in [-0.2, -0.15) is 0 Å². The molecule has 1 aliphatic carbocycles. The fourth-order valence-electron chi connectivity index (χ4n) is 3.31. The maximum atomic E-state index is 13.7. The molecule has 4 rings (SSSR count). The molecule has 2 fully saturated rings. The number of nitrogens with one attached hydrogen (secondary N) is 1. The zero-order valence-electron chi connectivity index (χ0n) is 12.5. The van der Waals surface area contributed by atoms with Crippen LogP contribution in [0.3, 0.4) is 0 Å². The van der Waals surface area contributed by atoms with E-state index in [2.05, 4.69) is 17.1 Å². The van der Waals surface area contributed by atoms with Crippen LogP contribution in [0.15, 0.2) is 24.3 Å². The quantitative estimate of drug-likeness (QED) is 0.942. The number of halogens is 1. The Hall–Kier alpha value is -1.46. The molecule has 1 aromatic heterocycles. The molecular formula is C17H19FN2OS. The van der Waals surface area contributed by atoms with Crippen molar-refractivity contribution in [3.63, 3.8) is 0 Å². The van der Waals surface area contributed by atoms with E-state index in [9.17, 15) is 9.18 Å². The first-order valence-corrected chi connectivity index (χ1v) is 8.66. The summed E-state index contributed by atoms with van der Waals surface area (Å²) in [5.41, 5.74) is 0. The number of benzene rings is 1. The molecule has 0 bridgehead atoms. The molecule has 5 heteroatoms. The van der Waals surface area contributed by atoms with E-state index in [1.54, 1.807) is 12.1 Å². The largest absolute Gasteiger partial charge is 0.347 e. The standard InChI is InChI=1S/C17H19FN2OS/c1-10-8-20(11-5-6-11)9-14(10)19-17(21)16-7-12-13(18)3-2-4-15(12)22-16/h2-4,7,10-11,14H,5-6,8-9H2,1H3,(H,19,21). The lowest BCUT2D eigenvalue weighted by molar-refractivity contribution is 0.0935. The van der Waals surface area contributed by atoms with Gasteiger partial charge in [0.1, 0.15) is 5.82 Å². The van der Waals surface area contributed by atoms with Gasteiger partial charge in [-0.25, -0.2) is 4.39 Å². The molecule has 1 amide bonds. The first-order valence-electron chi connectivity index (χ1n) is 7.85. The van der Waals surface area contributed by atoms with Crippen molar-refractivity contribution in [3.05, 3.63) is 35.0 Å². The second kappa shape index (κ2) is 5.32. The summed E-state index contributed by atoms with van der Waals surface area (Å²) < 4.78 is 14.6. The highest BCUT2D eigenvalue weighted by Gasteiger charge is 2.38. The van der Waals surface area contributed by atoms with Gasteiger partial charge >= 0.3 is 0 Å². The van der Waals surface area contributed by atoms with E-state index in [0.717, 1.165) is 23.8 Å². The van der Waals surface area contributed by atoms with Crippen LogP contribution in [0.5, 0.6) is 0 Å². The van der Waals surface area contributed by atoms with Gasteiger partial charge in [-0.3, -0.25) is 9.69 Å². The Morgan fingerprint density at radius 2 is 2.18 bits per heavy atom. The Labute approximate surface area is 133 Å². The molecule has 2 unspecified atom stereocenters. The van der Waals surface area contributed by atoms with Crippen molar-refractivity contribution in [2.45, 2.75) is 31.8 Å². The molecule has 1 aromatic carbocycles. The zero-order chi connectivity index (χ0) is 15.3. The number of thiophene rings is 1. The number of likely N-dealkylation sites (tertiary alicyclic amines) is 1. The molecule has 2 aromatic rings. The molecule has 2 heterocycles. The summed E-state index contributed by atoms with van der Waals surface area (Å²) in [4.78, 5) is 15.6. The number of nitrogens with zero attached hydrogens (tertiary/aromatic N) is 1. The minimum absolute atomic E-state index is 0.0740. The molecule has 2 aliphatic rings. The average molecular weight is 318 g/mol. The van der Waals surface area contributed by atoms with Gasteiger partial charge in [-0.15, -0.1) is 11.3 Å². The molecule has 1 aliphatic heterocycles. The number of rotatable bonds is 3. The Morgan fingerprint density at radius 3 is 2.91 bits per heavy atom. The summed E-state index contributed by atoms with van der Waals surface area (Å²) in [5.74, 6) is 0.132. The SMILES string of the molecule is CC1CN(C2CC2)CC1NC(=O)c1cc2c(F)cccc2s1. The van der Waals surface area contributed by atoms with Crippen molar-refractivity contribution in [1.82, 2.24) is 10.2 Å². The summed E-state index contributed by atoms with van der Waals surface area (Å²) in [6.07, 6.45) is 2.59. The van der Waals surface area contributed by atoms with Crippen molar-refractivity contribution in [3.8, 4) is 0 Å². The summed E-state index contributed by atoms with van der Waals surface area (Å²) in [6, 6.07) is 7.58. The Balaban J connectivity index is 1.50. The van der Waals surface area contributed by atoms with Gasteiger partial charge in [-0.1, -0.05) is 13.0 Å². The van der Waals surface area contributed by atoms with Crippen LogP contribution in [0.1, 0.15) is 29.4 Å². The normalized spacial score (nSPS) is 25.7. The molecule has 22 heavy (non-hydrogen) atoms. The number of carbonyl (C=O) groups excluding carboxylic acids is 1. The third kappa shape index (κ3) is 2.52. The van der Waals surface area contributed by atoms with Gasteiger partial charge in [-0.05, 0) is 37.0 Å². The van der Waals surface area contributed by atoms with E-state index < -0.39 is 0 Å². The minimum Gasteiger partial charge on any atom is -0.347 e. The predicted molar refractivity (Wildman–Crippen MR) is 86.8 cm³/mol. The first-order chi connectivity index (χ1) is 10.6. The van der Waals surface area contributed by atoms with Gasteiger partial charge in [0.2, 0.25) is 0 Å². The van der Waals surface area contributed by atoms with Crippen molar-refractivity contribution >= 4 is 27.3 Å². The summed E-state index contributed by atoms with van der Waals surface area (Å²) >= 11 is 1.36. The number of carbonyl (C=O) groups is 1. The predicted octanol–water partition coefficient (Wildman–Crippen LogP) is 3.25. The van der Waals surface area contributed by atoms with Crippen LogP contribution in [-0.2, 0) is 0 Å². The van der Waals surface area contributed by atoms with Gasteiger partial charge in [0.25, 0.3) is 5.91 Å². The zero-order valence-corrected chi connectivity index (χ0v) is 13.3. The summed E-state index contributed by atoms with van der Waals surface area (Å²) in [6.45, 7) is 4.20. The second-order valence-electron chi connectivity index (χ2n) is 6.50. The highest BCUT2D eigenvalue weighted by atomic mass is 32.1. The number of amides is 1. The van der Waals surface area contributed by atoms with Gasteiger partial charge in [0.15, 0.2) is 0 Å². The molecule has 1 saturated heterocycles. The number of hydrogen-bond donors (Lipinski definition) is 1. The molecule has 1 N–H and O–H groups in total. The fourth-order valence-corrected chi connectivity index (χ4v) is 4.29. The van der Waals surface area contributed by atoms with E-state index in [-0.39, 0.29) is 17.8 Å². The van der Waals surface area contributed by atoms with Crippen molar-refractivity contribution in [1.29, 1.82) is 0 Å². The Bertz CT molecular complexity index is 725. The van der Waals surface area contributed by atoms with Crippen molar-refractivity contribution in [2.75, 3.05) is 13.1 Å². The second-order valence-corrected chi connectivity index (χ2v) is 7.59. The van der Waals surface area contributed by atoms with Crippen molar-refractivity contribution < 1.29 is 9.18 Å². The maximum Gasteiger partial charge on any atom is 0.261 e. The van der Waals surface area contributed by atoms with Crippen LogP contribution in [0.2, 0.25) is 0 Å². The third-order valence-electron chi connectivity index (χ3n) is 4.75. The lowest BCUT2D eigenvalue weighted by Gasteiger charge is -2.16. The van der Waals surface area contributed by atoms with Crippen LogP contribution < -0.4 is 5.32 Å². The van der Waals surface area contributed by atoms with Crippen LogP contribution >= 0.6 is 11.3 Å². The van der Waals surface area contributed by atoms with E-state index in [0.29, 0.717) is 16.2 Å². The molecule has 0 spiro atoms. The van der Waals surface area contributed by atoms with Gasteiger partial charge < -0.3 is 5.32 Å². The highest BCUT2D eigenvalue weighted by molar-refractivity contribution is 7.20. The first kappa shape index (κ1) is 14.2. The topological polar surface area (TPSA) is 32.3 Å². The van der Waals surface area contributed by atoms with Crippen LogP contribution in [0.25, 0.3) is 10.1 Å². The van der Waals surface area contributed by atoms with Crippen LogP contribution in [-0.4, -0.2) is 36.0 Å². The lowest BCUT2D eigenvalue weighted by atomic mass is 10.1. The molecule has 2 atom stereocenters. The van der Waals surface area contributed by atoms with E-state index >= 15 is 0 Å². The fraction of sp³-hybridized carbons (Fsp3) is 0.471. The lowest BCUT2D eigenvalue weighted by Crippen LogP contribution is -2.39. The third-order valence-corrected chi connectivity index (χ3v) is 5.85. The molecule has 1 saturated carbocycles. The van der Waals surface area contributed by atoms with Gasteiger partial charge in [0, 0.05) is 35.3 Å². The minimum atomic E-state index is -0.262. The average Bonchev–Trinajstić information content (AvgIpc) is 3.14. The van der Waals surface area contributed by atoms with E-state index in [1.165, 1.54) is 30.2 Å². The molecule has 116 valence electrons. The van der Waals surface area contributed by atoms with E-state index in [1.807, 2.05) is 6.07 Å². The number of fused-ring (bicyclic) bond motifs is 1. The Morgan fingerprint density at radius 1 is 1.36 bits per heavy atom. The Kier molecular flexibility index (Phi) is 3.42. The highest BCUT2D eigenvalue weighted by Crippen LogP contribution is 2.32. The number of hydrogen-bond acceptors (Lipinski definition) is 3. The van der Waals surface area contributed by atoms with Gasteiger partial charge in [0.05, 0.1) is 4.88 Å². The molecule has 0 radical (unpaired) electrons. The summed E-state index contributed by atoms with van der Waals surface area (Å²) in [7, 11) is 0. The monoisotopic (exact) mass is 318 g/mol. The summed E-state index contributed by atoms with van der Waals surface area (Å²) in [5, 5.41) is 3.68. The molecule has 3 nitrogen and oxygen atoms in total. The van der Waals surface area contributed by atoms with Crippen molar-refractivity contribution in [2.24, 2.45) is 5.92 Å². The van der Waals surface area contributed by atoms with Crippen LogP contribution in [0.4, 0.5) is 4.39 Å². The van der Waals surface area contributed by atoms with E-state index in [4.69, 9.17) is 0 Å². The smallest absolute Gasteiger partial charge is 0.261 e. The molecular weight excluding hydrogens is 299 g/mol. The van der Waals surface area contributed by atoms with Crippen LogP contribution in [0, 0.1) is 11.7 Å².